The lowest BCUT2D eigenvalue weighted by molar-refractivity contribution is -0.152. The van der Waals surface area contributed by atoms with Crippen LogP contribution in [0.4, 0.5) is 0 Å². The van der Waals surface area contributed by atoms with Crippen LogP contribution < -0.4 is 5.32 Å². The number of rotatable bonds is 6. The lowest BCUT2D eigenvalue weighted by atomic mass is 9.78. The molecular formula is C15H22BrNO4. The Morgan fingerprint density at radius 2 is 2.43 bits per heavy atom. The predicted molar refractivity (Wildman–Crippen MR) is 81.9 cm³/mol. The molecule has 0 aromatic carbocycles. The van der Waals surface area contributed by atoms with Gasteiger partial charge in [0.1, 0.15) is 5.60 Å². The van der Waals surface area contributed by atoms with Crippen molar-refractivity contribution in [3.63, 3.8) is 0 Å². The summed E-state index contributed by atoms with van der Waals surface area (Å²) >= 11 is 3.33. The first kappa shape index (κ1) is 16.5. The van der Waals surface area contributed by atoms with Crippen LogP contribution in [-0.2, 0) is 14.3 Å². The Morgan fingerprint density at radius 1 is 1.67 bits per heavy atom. The second kappa shape index (κ2) is 6.92. The number of nitrogens with one attached hydrogen (secondary N) is 1. The van der Waals surface area contributed by atoms with Crippen molar-refractivity contribution in [2.45, 2.75) is 50.4 Å². The standard InChI is InChI=1S/C15H22BrNO4/c1-15(21-9-18)11(7-8-16)14(20)17-13(15)12(19)10-5-3-2-4-6-10/h3,5,9-13,19H,2,4,6-8H2,1H3,(H,17,20)/t10-,11+,12+,13+,15+/m1/s1. The van der Waals surface area contributed by atoms with Gasteiger partial charge in [-0.25, -0.2) is 0 Å². The van der Waals surface area contributed by atoms with Gasteiger partial charge in [0.2, 0.25) is 5.91 Å². The Bertz CT molecular complexity index is 428. The zero-order valence-corrected chi connectivity index (χ0v) is 13.7. The highest BCUT2D eigenvalue weighted by Gasteiger charge is 2.56. The number of carbonyl (C=O) groups is 2. The van der Waals surface area contributed by atoms with Crippen LogP contribution in [-0.4, -0.2) is 40.6 Å². The van der Waals surface area contributed by atoms with Crippen LogP contribution in [0.15, 0.2) is 12.2 Å². The lowest BCUT2D eigenvalue weighted by Crippen LogP contribution is -2.54. The van der Waals surface area contributed by atoms with Crippen LogP contribution in [0, 0.1) is 11.8 Å². The van der Waals surface area contributed by atoms with Crippen molar-refractivity contribution in [3.8, 4) is 0 Å². The quantitative estimate of drug-likeness (QED) is 0.428. The van der Waals surface area contributed by atoms with E-state index in [-0.39, 0.29) is 11.8 Å². The van der Waals surface area contributed by atoms with Gasteiger partial charge in [-0.15, -0.1) is 0 Å². The molecule has 0 saturated carbocycles. The molecule has 1 saturated heterocycles. The van der Waals surface area contributed by atoms with Gasteiger partial charge in [-0.1, -0.05) is 28.1 Å². The van der Waals surface area contributed by atoms with E-state index in [0.717, 1.165) is 19.3 Å². The Hall–Kier alpha value is -0.880. The first-order valence-electron chi connectivity index (χ1n) is 7.37. The maximum atomic E-state index is 12.2. The fourth-order valence-corrected chi connectivity index (χ4v) is 3.91. The fourth-order valence-electron chi connectivity index (χ4n) is 3.45. The molecule has 2 rings (SSSR count). The summed E-state index contributed by atoms with van der Waals surface area (Å²) in [5.41, 5.74) is -1.02. The van der Waals surface area contributed by atoms with Gasteiger partial charge in [0.05, 0.1) is 18.1 Å². The minimum atomic E-state index is -1.02. The number of ether oxygens (including phenoxy) is 1. The molecule has 21 heavy (non-hydrogen) atoms. The molecule has 0 radical (unpaired) electrons. The van der Waals surface area contributed by atoms with E-state index in [1.165, 1.54) is 0 Å². The second-order valence-electron chi connectivity index (χ2n) is 5.93. The highest BCUT2D eigenvalue weighted by Crippen LogP contribution is 2.38. The van der Waals surface area contributed by atoms with Crippen molar-refractivity contribution in [3.05, 3.63) is 12.2 Å². The van der Waals surface area contributed by atoms with Crippen molar-refractivity contribution in [2.24, 2.45) is 11.8 Å². The number of allylic oxidation sites excluding steroid dienone is 1. The largest absolute Gasteiger partial charge is 0.458 e. The van der Waals surface area contributed by atoms with Crippen molar-refractivity contribution >= 4 is 28.3 Å². The van der Waals surface area contributed by atoms with Gasteiger partial charge < -0.3 is 15.2 Å². The zero-order chi connectivity index (χ0) is 15.5. The normalized spacial score (nSPS) is 37.1. The summed E-state index contributed by atoms with van der Waals surface area (Å²) in [6, 6.07) is -0.577. The average Bonchev–Trinajstić information content (AvgIpc) is 2.73. The minimum absolute atomic E-state index is 0.0126. The van der Waals surface area contributed by atoms with Crippen LogP contribution in [0.3, 0.4) is 0 Å². The number of alkyl halides is 1. The monoisotopic (exact) mass is 359 g/mol. The van der Waals surface area contributed by atoms with Crippen LogP contribution in [0.25, 0.3) is 0 Å². The van der Waals surface area contributed by atoms with E-state index in [0.29, 0.717) is 18.2 Å². The number of halogens is 1. The number of hydrogen-bond acceptors (Lipinski definition) is 4. The summed E-state index contributed by atoms with van der Waals surface area (Å²) in [5.74, 6) is -0.627. The smallest absolute Gasteiger partial charge is 0.293 e. The Balaban J connectivity index is 2.23. The van der Waals surface area contributed by atoms with E-state index < -0.39 is 23.7 Å². The summed E-state index contributed by atoms with van der Waals surface area (Å²) in [6.07, 6.45) is 6.78. The zero-order valence-electron chi connectivity index (χ0n) is 12.1. The predicted octanol–water partition coefficient (Wildman–Crippen LogP) is 1.53. The Kier molecular flexibility index (Phi) is 5.43. The van der Waals surface area contributed by atoms with Crippen LogP contribution >= 0.6 is 15.9 Å². The van der Waals surface area contributed by atoms with Crippen LogP contribution in [0.5, 0.6) is 0 Å². The molecule has 0 spiro atoms. The van der Waals surface area contributed by atoms with Gasteiger partial charge in [-0.05, 0) is 32.6 Å². The molecule has 1 aliphatic carbocycles. The Labute approximate surface area is 133 Å². The van der Waals surface area contributed by atoms with E-state index >= 15 is 0 Å². The molecule has 5 nitrogen and oxygen atoms in total. The summed E-state index contributed by atoms with van der Waals surface area (Å²) in [4.78, 5) is 23.1. The molecule has 0 unspecified atom stereocenters. The van der Waals surface area contributed by atoms with Crippen molar-refractivity contribution < 1.29 is 19.4 Å². The van der Waals surface area contributed by atoms with E-state index in [2.05, 4.69) is 27.3 Å². The van der Waals surface area contributed by atoms with Gasteiger partial charge in [-0.2, -0.15) is 0 Å². The van der Waals surface area contributed by atoms with Gasteiger partial charge in [-0.3, -0.25) is 9.59 Å². The number of aliphatic hydroxyl groups is 1. The molecule has 1 amide bonds. The maximum absolute atomic E-state index is 12.2. The summed E-state index contributed by atoms with van der Waals surface area (Å²) in [7, 11) is 0. The van der Waals surface area contributed by atoms with Gasteiger partial charge >= 0.3 is 0 Å². The molecule has 0 aromatic heterocycles. The summed E-state index contributed by atoms with van der Waals surface area (Å²) < 4.78 is 5.28. The number of hydrogen-bond donors (Lipinski definition) is 2. The minimum Gasteiger partial charge on any atom is -0.458 e. The molecule has 6 heteroatoms. The fraction of sp³-hybridized carbons (Fsp3) is 0.733. The Morgan fingerprint density at radius 3 is 3.00 bits per heavy atom. The number of amides is 1. The lowest BCUT2D eigenvalue weighted by Gasteiger charge is -2.37. The topological polar surface area (TPSA) is 75.6 Å². The van der Waals surface area contributed by atoms with E-state index in [4.69, 9.17) is 4.74 Å². The van der Waals surface area contributed by atoms with Crippen LogP contribution in [0.2, 0.25) is 0 Å². The molecule has 1 heterocycles. The summed E-state index contributed by atoms with van der Waals surface area (Å²) in [6.45, 7) is 2.10. The van der Waals surface area contributed by atoms with E-state index in [1.807, 2.05) is 6.08 Å². The molecule has 2 N–H and O–H groups in total. The van der Waals surface area contributed by atoms with E-state index in [1.54, 1.807) is 6.92 Å². The second-order valence-corrected chi connectivity index (χ2v) is 6.72. The van der Waals surface area contributed by atoms with Gasteiger partial charge in [0.25, 0.3) is 6.47 Å². The highest BCUT2D eigenvalue weighted by atomic mass is 79.9. The van der Waals surface area contributed by atoms with Crippen molar-refractivity contribution in [2.75, 3.05) is 5.33 Å². The molecule has 1 fully saturated rings. The third kappa shape index (κ3) is 3.16. The maximum Gasteiger partial charge on any atom is 0.293 e. The highest BCUT2D eigenvalue weighted by molar-refractivity contribution is 9.09. The third-order valence-corrected chi connectivity index (χ3v) is 5.15. The van der Waals surface area contributed by atoms with Gasteiger partial charge in [0.15, 0.2) is 0 Å². The number of aliphatic hydroxyl groups excluding tert-OH is 1. The van der Waals surface area contributed by atoms with Crippen LogP contribution in [0.1, 0.15) is 32.6 Å². The van der Waals surface area contributed by atoms with Gasteiger partial charge in [0, 0.05) is 11.2 Å². The summed E-state index contributed by atoms with van der Waals surface area (Å²) in [5, 5.41) is 14.1. The first-order valence-corrected chi connectivity index (χ1v) is 8.49. The molecule has 0 bridgehead atoms. The molecule has 2 aliphatic rings. The molecular weight excluding hydrogens is 338 g/mol. The number of carbonyl (C=O) groups excluding carboxylic acids is 2. The molecule has 0 aromatic rings. The van der Waals surface area contributed by atoms with Crippen molar-refractivity contribution in [1.82, 2.24) is 5.32 Å². The first-order chi connectivity index (χ1) is 10.0. The average molecular weight is 360 g/mol. The third-order valence-electron chi connectivity index (χ3n) is 4.70. The molecule has 5 atom stereocenters. The SMILES string of the molecule is C[C@]1(OC=O)[C@@H](CCBr)C(=O)N[C@H]1[C@@H](O)[C@@H]1C=CCCC1. The molecule has 1 aliphatic heterocycles. The molecule has 118 valence electrons. The van der Waals surface area contributed by atoms with Crippen molar-refractivity contribution in [1.29, 1.82) is 0 Å². The van der Waals surface area contributed by atoms with E-state index in [9.17, 15) is 14.7 Å².